The van der Waals surface area contributed by atoms with Crippen LogP contribution in [0.1, 0.15) is 23.7 Å². The van der Waals surface area contributed by atoms with E-state index in [1.165, 1.54) is 19.2 Å². The highest BCUT2D eigenvalue weighted by Crippen LogP contribution is 2.24. The van der Waals surface area contributed by atoms with Crippen LogP contribution in [0.15, 0.2) is 23.1 Å². The number of ether oxygens (including phenoxy) is 2. The summed E-state index contributed by atoms with van der Waals surface area (Å²) in [5.74, 6) is -1.19. The second kappa shape index (κ2) is 9.58. The molecule has 8 nitrogen and oxygen atoms in total. The molecule has 9 heteroatoms. The predicted molar refractivity (Wildman–Crippen MR) is 90.0 cm³/mol. The molecule has 1 rings (SSSR count). The van der Waals surface area contributed by atoms with Gasteiger partial charge < -0.3 is 19.9 Å². The summed E-state index contributed by atoms with van der Waals surface area (Å²) in [7, 11) is -0.786. The van der Waals surface area contributed by atoms with Gasteiger partial charge in [0.05, 0.1) is 17.9 Å². The molecule has 0 saturated heterocycles. The molecular weight excluding hydrogens is 336 g/mol. The lowest BCUT2D eigenvalue weighted by molar-refractivity contribution is 0.0696. The van der Waals surface area contributed by atoms with E-state index in [-0.39, 0.29) is 23.0 Å². The lowest BCUT2D eigenvalue weighted by atomic mass is 10.2. The summed E-state index contributed by atoms with van der Waals surface area (Å²) in [4.78, 5) is 11.0. The molecule has 0 fully saturated rings. The number of carbonyl (C=O) groups is 1. The van der Waals surface area contributed by atoms with E-state index in [1.807, 2.05) is 6.92 Å². The Balaban J connectivity index is 3.10. The first-order valence-corrected chi connectivity index (χ1v) is 8.91. The van der Waals surface area contributed by atoms with Gasteiger partial charge >= 0.3 is 5.97 Å². The quantitative estimate of drug-likeness (QED) is 0.507. The molecule has 0 aliphatic carbocycles. The van der Waals surface area contributed by atoms with Crippen molar-refractivity contribution in [2.24, 2.45) is 0 Å². The minimum absolute atomic E-state index is 0.0998. The number of sulfonamides is 1. The van der Waals surface area contributed by atoms with E-state index >= 15 is 0 Å². The van der Waals surface area contributed by atoms with Crippen molar-refractivity contribution < 1.29 is 27.8 Å². The van der Waals surface area contributed by atoms with Crippen molar-refractivity contribution in [2.75, 3.05) is 39.3 Å². The first-order chi connectivity index (χ1) is 11.3. The molecule has 0 heterocycles. The van der Waals surface area contributed by atoms with Gasteiger partial charge in [-0.25, -0.2) is 17.9 Å². The van der Waals surface area contributed by atoms with Crippen LogP contribution in [0, 0.1) is 0 Å². The summed E-state index contributed by atoms with van der Waals surface area (Å²) in [6.07, 6.45) is 0.511. The van der Waals surface area contributed by atoms with Crippen LogP contribution in [0.4, 0.5) is 5.69 Å². The Labute approximate surface area is 142 Å². The van der Waals surface area contributed by atoms with Gasteiger partial charge in [-0.2, -0.15) is 0 Å². The van der Waals surface area contributed by atoms with Gasteiger partial charge in [-0.3, -0.25) is 0 Å². The zero-order chi connectivity index (χ0) is 18.2. The third kappa shape index (κ3) is 6.08. The number of anilines is 1. The molecular formula is C15H24N2O6S. The largest absolute Gasteiger partial charge is 0.478 e. The fourth-order valence-electron chi connectivity index (χ4n) is 2.05. The van der Waals surface area contributed by atoms with Crippen molar-refractivity contribution in [1.29, 1.82) is 0 Å². The van der Waals surface area contributed by atoms with E-state index in [2.05, 4.69) is 10.0 Å². The molecule has 0 amide bonds. The highest BCUT2D eigenvalue weighted by atomic mass is 32.2. The van der Waals surface area contributed by atoms with E-state index in [0.717, 1.165) is 6.07 Å². The molecule has 0 radical (unpaired) electrons. The van der Waals surface area contributed by atoms with Crippen molar-refractivity contribution >= 4 is 21.7 Å². The maximum Gasteiger partial charge on any atom is 0.335 e. The smallest absolute Gasteiger partial charge is 0.335 e. The molecule has 1 atom stereocenters. The number of nitrogens with one attached hydrogen (secondary N) is 2. The summed E-state index contributed by atoms with van der Waals surface area (Å²) in [5, 5.41) is 12.1. The van der Waals surface area contributed by atoms with Crippen molar-refractivity contribution in [3.63, 3.8) is 0 Å². The molecule has 0 bridgehead atoms. The SMILES string of the molecule is COCCCNS(=O)(=O)c1cc(C(=O)O)ccc1NC(C)COC. The number of aromatic carboxylic acids is 1. The average molecular weight is 360 g/mol. The summed E-state index contributed by atoms with van der Waals surface area (Å²) in [6.45, 7) is 2.83. The van der Waals surface area contributed by atoms with Gasteiger partial charge in [-0.05, 0) is 31.5 Å². The molecule has 1 unspecified atom stereocenters. The Morgan fingerprint density at radius 3 is 2.58 bits per heavy atom. The number of carboxylic acids is 1. The highest BCUT2D eigenvalue weighted by molar-refractivity contribution is 7.89. The van der Waals surface area contributed by atoms with E-state index in [0.29, 0.717) is 25.3 Å². The summed E-state index contributed by atoms with van der Waals surface area (Å²) in [5.41, 5.74) is 0.223. The number of rotatable bonds is 11. The third-order valence-corrected chi connectivity index (χ3v) is 4.65. The van der Waals surface area contributed by atoms with Crippen LogP contribution in [0.5, 0.6) is 0 Å². The Morgan fingerprint density at radius 1 is 1.29 bits per heavy atom. The minimum Gasteiger partial charge on any atom is -0.478 e. The molecule has 136 valence electrons. The van der Waals surface area contributed by atoms with Crippen molar-refractivity contribution in [2.45, 2.75) is 24.3 Å². The Hall–Kier alpha value is -1.68. The summed E-state index contributed by atoms with van der Waals surface area (Å²) < 4.78 is 37.4. The fraction of sp³-hybridized carbons (Fsp3) is 0.533. The standard InChI is InChI=1S/C15H24N2O6S/c1-11(10-23-3)17-13-6-5-12(15(18)19)9-14(13)24(20,21)16-7-4-8-22-2/h5-6,9,11,16-17H,4,7-8,10H2,1-3H3,(H,18,19). The van der Waals surface area contributed by atoms with Gasteiger partial charge in [0.2, 0.25) is 10.0 Å². The predicted octanol–water partition coefficient (Wildman–Crippen LogP) is 1.15. The molecule has 0 saturated carbocycles. The van der Waals surface area contributed by atoms with Gasteiger partial charge in [-0.15, -0.1) is 0 Å². The molecule has 0 aliphatic heterocycles. The molecule has 3 N–H and O–H groups in total. The topological polar surface area (TPSA) is 114 Å². The molecule has 24 heavy (non-hydrogen) atoms. The van der Waals surface area contributed by atoms with Crippen LogP contribution in [0.2, 0.25) is 0 Å². The van der Waals surface area contributed by atoms with Crippen LogP contribution >= 0.6 is 0 Å². The third-order valence-electron chi connectivity index (χ3n) is 3.15. The van der Waals surface area contributed by atoms with E-state index in [9.17, 15) is 13.2 Å². The molecule has 1 aromatic rings. The van der Waals surface area contributed by atoms with Gasteiger partial charge in [0, 0.05) is 33.4 Å². The molecule has 1 aromatic carbocycles. The minimum atomic E-state index is -3.86. The summed E-state index contributed by atoms with van der Waals surface area (Å²) >= 11 is 0. The van der Waals surface area contributed by atoms with Crippen LogP contribution in [0.3, 0.4) is 0 Å². The van der Waals surface area contributed by atoms with Crippen molar-refractivity contribution in [3.05, 3.63) is 23.8 Å². The monoisotopic (exact) mass is 360 g/mol. The van der Waals surface area contributed by atoms with Crippen LogP contribution in [-0.4, -0.2) is 59.5 Å². The zero-order valence-electron chi connectivity index (χ0n) is 14.0. The molecule has 0 aliphatic rings. The second-order valence-electron chi connectivity index (χ2n) is 5.26. The van der Waals surface area contributed by atoms with Gasteiger partial charge in [-0.1, -0.05) is 0 Å². The maximum absolute atomic E-state index is 12.5. The Kier molecular flexibility index (Phi) is 8.13. The van der Waals surface area contributed by atoms with Crippen molar-refractivity contribution in [3.8, 4) is 0 Å². The van der Waals surface area contributed by atoms with Crippen molar-refractivity contribution in [1.82, 2.24) is 4.72 Å². The van der Waals surface area contributed by atoms with E-state index in [1.54, 1.807) is 7.11 Å². The first-order valence-electron chi connectivity index (χ1n) is 7.43. The van der Waals surface area contributed by atoms with Gasteiger partial charge in [0.1, 0.15) is 4.90 Å². The van der Waals surface area contributed by atoms with Crippen LogP contribution in [-0.2, 0) is 19.5 Å². The first kappa shape index (κ1) is 20.4. The van der Waals surface area contributed by atoms with Gasteiger partial charge in [0.15, 0.2) is 0 Å². The highest BCUT2D eigenvalue weighted by Gasteiger charge is 2.21. The van der Waals surface area contributed by atoms with Crippen LogP contribution in [0.25, 0.3) is 0 Å². The lowest BCUT2D eigenvalue weighted by Crippen LogP contribution is -2.28. The normalized spacial score (nSPS) is 12.8. The number of hydrogen-bond donors (Lipinski definition) is 3. The molecule has 0 spiro atoms. The molecule has 0 aromatic heterocycles. The van der Waals surface area contributed by atoms with E-state index in [4.69, 9.17) is 14.6 Å². The van der Waals surface area contributed by atoms with Gasteiger partial charge in [0.25, 0.3) is 0 Å². The number of carboxylic acid groups (broad SMARTS) is 1. The zero-order valence-corrected chi connectivity index (χ0v) is 14.9. The lowest BCUT2D eigenvalue weighted by Gasteiger charge is -2.18. The number of methoxy groups -OCH3 is 2. The van der Waals surface area contributed by atoms with E-state index < -0.39 is 16.0 Å². The number of hydrogen-bond acceptors (Lipinski definition) is 6. The maximum atomic E-state index is 12.5. The second-order valence-corrected chi connectivity index (χ2v) is 7.00. The van der Waals surface area contributed by atoms with Crippen LogP contribution < -0.4 is 10.0 Å². The Morgan fingerprint density at radius 2 is 2.00 bits per heavy atom. The average Bonchev–Trinajstić information content (AvgIpc) is 2.52. The Bertz CT molecular complexity index is 647. The number of benzene rings is 1. The fourth-order valence-corrected chi connectivity index (χ4v) is 3.32. The summed E-state index contributed by atoms with van der Waals surface area (Å²) in [6, 6.07) is 3.80.